The fourth-order valence-electron chi connectivity index (χ4n) is 1.17. The summed E-state index contributed by atoms with van der Waals surface area (Å²) in [5, 5.41) is 8.68. The van der Waals surface area contributed by atoms with Crippen LogP contribution in [0.25, 0.3) is 0 Å². The van der Waals surface area contributed by atoms with E-state index in [1.54, 1.807) is 0 Å². The van der Waals surface area contributed by atoms with Gasteiger partial charge in [0.05, 0.1) is 17.1 Å². The molecule has 0 fully saturated rings. The Morgan fingerprint density at radius 1 is 1.11 bits per heavy atom. The van der Waals surface area contributed by atoms with E-state index in [9.17, 15) is 21.6 Å². The third kappa shape index (κ3) is 5.71. The average Bonchev–Trinajstić information content (AvgIpc) is 2.26. The molecule has 1 rings (SSSR count). The Balaban J connectivity index is 2.76. The summed E-state index contributed by atoms with van der Waals surface area (Å²) in [6.45, 7) is 0. The molecule has 0 aliphatic heterocycles. The number of nitrogens with one attached hydrogen (secondary N) is 1. The van der Waals surface area contributed by atoms with Gasteiger partial charge in [-0.25, -0.2) is 21.6 Å². The molecule has 0 spiro atoms. The predicted octanol–water partition coefficient (Wildman–Crippen LogP) is 0.171. The minimum atomic E-state index is -3.78. The van der Waals surface area contributed by atoms with E-state index in [-0.39, 0.29) is 11.3 Å². The van der Waals surface area contributed by atoms with E-state index in [1.807, 2.05) is 0 Å². The first-order valence-corrected chi connectivity index (χ1v) is 8.82. The zero-order valence-electron chi connectivity index (χ0n) is 10.0. The van der Waals surface area contributed by atoms with Crippen LogP contribution >= 0.6 is 0 Å². The Morgan fingerprint density at radius 3 is 2.05 bits per heavy atom. The lowest BCUT2D eigenvalue weighted by Gasteiger charge is -2.07. The molecule has 0 amide bonds. The summed E-state index contributed by atoms with van der Waals surface area (Å²) >= 11 is 0. The highest BCUT2D eigenvalue weighted by Crippen LogP contribution is 2.11. The van der Waals surface area contributed by atoms with Crippen LogP contribution in [0.1, 0.15) is 10.4 Å². The van der Waals surface area contributed by atoms with Gasteiger partial charge in [-0.05, 0) is 24.3 Å². The Labute approximate surface area is 111 Å². The van der Waals surface area contributed by atoms with Gasteiger partial charge in [-0.3, -0.25) is 4.72 Å². The summed E-state index contributed by atoms with van der Waals surface area (Å²) < 4.78 is 47.1. The minimum Gasteiger partial charge on any atom is -0.478 e. The van der Waals surface area contributed by atoms with Gasteiger partial charge in [-0.1, -0.05) is 0 Å². The number of carbonyl (C=O) groups is 1. The second-order valence-corrected chi connectivity index (χ2v) is 8.03. The zero-order chi connectivity index (χ0) is 14.7. The van der Waals surface area contributed by atoms with Crippen LogP contribution in [0.2, 0.25) is 0 Å². The molecular weight excluding hydrogens is 294 g/mol. The summed E-state index contributed by atoms with van der Waals surface area (Å²) in [7, 11) is -7.14. The fourth-order valence-corrected chi connectivity index (χ4v) is 3.86. The van der Waals surface area contributed by atoms with Crippen LogP contribution in [0.15, 0.2) is 24.3 Å². The molecule has 0 saturated carbocycles. The SMILES string of the molecule is CS(=O)(=O)CCS(=O)(=O)Nc1ccc(C(=O)O)cc1. The van der Waals surface area contributed by atoms with Crippen molar-refractivity contribution in [1.29, 1.82) is 0 Å². The zero-order valence-corrected chi connectivity index (χ0v) is 11.7. The van der Waals surface area contributed by atoms with Gasteiger partial charge in [0.2, 0.25) is 10.0 Å². The van der Waals surface area contributed by atoms with Crippen LogP contribution in [-0.2, 0) is 19.9 Å². The molecule has 106 valence electrons. The number of benzene rings is 1. The lowest BCUT2D eigenvalue weighted by molar-refractivity contribution is 0.0697. The molecule has 0 atom stereocenters. The lowest BCUT2D eigenvalue weighted by Crippen LogP contribution is -2.22. The highest BCUT2D eigenvalue weighted by atomic mass is 32.2. The van der Waals surface area contributed by atoms with Gasteiger partial charge in [0.25, 0.3) is 0 Å². The molecule has 0 aromatic heterocycles. The molecule has 0 saturated heterocycles. The minimum absolute atomic E-state index is 0.0269. The summed E-state index contributed by atoms with van der Waals surface area (Å²) in [6.07, 6.45) is 0.949. The van der Waals surface area contributed by atoms with E-state index in [1.165, 1.54) is 24.3 Å². The van der Waals surface area contributed by atoms with E-state index in [0.29, 0.717) is 0 Å². The predicted molar refractivity (Wildman–Crippen MR) is 70.5 cm³/mol. The van der Waals surface area contributed by atoms with Gasteiger partial charge in [-0.2, -0.15) is 0 Å². The van der Waals surface area contributed by atoms with Crippen molar-refractivity contribution >= 4 is 31.5 Å². The van der Waals surface area contributed by atoms with Crippen LogP contribution in [0.5, 0.6) is 0 Å². The van der Waals surface area contributed by atoms with Crippen LogP contribution in [0.4, 0.5) is 5.69 Å². The molecule has 0 bridgehead atoms. The molecule has 1 aromatic carbocycles. The highest BCUT2D eigenvalue weighted by Gasteiger charge is 2.14. The maximum Gasteiger partial charge on any atom is 0.335 e. The molecule has 2 N–H and O–H groups in total. The van der Waals surface area contributed by atoms with Crippen LogP contribution in [0, 0.1) is 0 Å². The molecular formula is C10H13NO6S2. The van der Waals surface area contributed by atoms with Gasteiger partial charge in [-0.15, -0.1) is 0 Å². The monoisotopic (exact) mass is 307 g/mol. The molecule has 0 heterocycles. The summed E-state index contributed by atoms with van der Waals surface area (Å²) in [5.41, 5.74) is 0.206. The summed E-state index contributed by atoms with van der Waals surface area (Å²) in [6, 6.07) is 5.08. The Hall–Kier alpha value is -1.61. The van der Waals surface area contributed by atoms with Gasteiger partial charge in [0.1, 0.15) is 9.84 Å². The molecule has 0 unspecified atom stereocenters. The third-order valence-electron chi connectivity index (χ3n) is 2.13. The molecule has 9 heteroatoms. The molecule has 7 nitrogen and oxygen atoms in total. The van der Waals surface area contributed by atoms with Gasteiger partial charge in [0, 0.05) is 11.9 Å². The normalized spacial score (nSPS) is 12.1. The molecule has 0 radical (unpaired) electrons. The van der Waals surface area contributed by atoms with Gasteiger partial charge >= 0.3 is 5.97 Å². The topological polar surface area (TPSA) is 118 Å². The van der Waals surface area contributed by atoms with E-state index in [4.69, 9.17) is 5.11 Å². The molecule has 0 aliphatic rings. The van der Waals surface area contributed by atoms with E-state index < -0.39 is 37.3 Å². The first kappa shape index (κ1) is 15.4. The van der Waals surface area contributed by atoms with E-state index in [2.05, 4.69) is 4.72 Å². The number of rotatable bonds is 6. The maximum atomic E-state index is 11.6. The first-order chi connectivity index (χ1) is 8.59. The number of carboxylic acids is 1. The molecule has 19 heavy (non-hydrogen) atoms. The second kappa shape index (κ2) is 5.57. The lowest BCUT2D eigenvalue weighted by atomic mass is 10.2. The molecule has 0 aliphatic carbocycles. The van der Waals surface area contributed by atoms with Crippen molar-refractivity contribution < 1.29 is 26.7 Å². The van der Waals surface area contributed by atoms with Gasteiger partial charge in [0.15, 0.2) is 0 Å². The van der Waals surface area contributed by atoms with E-state index in [0.717, 1.165) is 6.26 Å². The maximum absolute atomic E-state index is 11.6. The van der Waals surface area contributed by atoms with E-state index >= 15 is 0 Å². The Bertz CT molecular complexity index is 660. The second-order valence-electron chi connectivity index (χ2n) is 3.93. The highest BCUT2D eigenvalue weighted by molar-refractivity contribution is 7.95. The van der Waals surface area contributed by atoms with Crippen molar-refractivity contribution in [1.82, 2.24) is 0 Å². The van der Waals surface area contributed by atoms with Crippen molar-refractivity contribution in [3.63, 3.8) is 0 Å². The Kier molecular flexibility index (Phi) is 4.53. The van der Waals surface area contributed by atoms with Crippen LogP contribution in [-0.4, -0.2) is 45.7 Å². The number of aromatic carboxylic acids is 1. The number of hydrogen-bond donors (Lipinski definition) is 2. The summed E-state index contributed by atoms with van der Waals surface area (Å²) in [4.78, 5) is 10.6. The quantitative estimate of drug-likeness (QED) is 0.773. The number of sulfone groups is 1. The molecule has 1 aromatic rings. The largest absolute Gasteiger partial charge is 0.478 e. The number of anilines is 1. The van der Waals surface area contributed by atoms with Crippen molar-refractivity contribution in [2.45, 2.75) is 0 Å². The van der Waals surface area contributed by atoms with Crippen molar-refractivity contribution in [2.75, 3.05) is 22.5 Å². The average molecular weight is 307 g/mol. The first-order valence-electron chi connectivity index (χ1n) is 5.11. The number of carboxylic acid groups (broad SMARTS) is 1. The summed E-state index contributed by atoms with van der Waals surface area (Å²) in [5.74, 6) is -2.14. The smallest absolute Gasteiger partial charge is 0.335 e. The van der Waals surface area contributed by atoms with Crippen LogP contribution < -0.4 is 4.72 Å². The number of sulfonamides is 1. The van der Waals surface area contributed by atoms with Crippen molar-refractivity contribution in [3.8, 4) is 0 Å². The fraction of sp³-hybridized carbons (Fsp3) is 0.300. The standard InChI is InChI=1S/C10H13NO6S2/c1-18(14,15)6-7-19(16,17)11-9-4-2-8(3-5-9)10(12)13/h2-5,11H,6-7H2,1H3,(H,12,13). The third-order valence-corrected chi connectivity index (χ3v) is 4.62. The van der Waals surface area contributed by atoms with Crippen molar-refractivity contribution in [3.05, 3.63) is 29.8 Å². The number of hydrogen-bond acceptors (Lipinski definition) is 5. The van der Waals surface area contributed by atoms with Crippen LogP contribution in [0.3, 0.4) is 0 Å². The van der Waals surface area contributed by atoms with Gasteiger partial charge < -0.3 is 5.11 Å². The Morgan fingerprint density at radius 2 is 1.63 bits per heavy atom. The van der Waals surface area contributed by atoms with Crippen molar-refractivity contribution in [2.24, 2.45) is 0 Å².